The average Bonchev–Trinajstić information content (AvgIpc) is 2.40. The first-order chi connectivity index (χ1) is 8.99. The molecule has 1 heterocycles. The fraction of sp³-hybridized carbons (Fsp3) is 0. The number of rotatable bonds is 2. The highest BCUT2D eigenvalue weighted by Gasteiger charge is 2.16. The van der Waals surface area contributed by atoms with Gasteiger partial charge in [-0.15, -0.1) is 0 Å². The molecule has 0 radical (unpaired) electrons. The van der Waals surface area contributed by atoms with Gasteiger partial charge in [-0.3, -0.25) is 0 Å². The van der Waals surface area contributed by atoms with Gasteiger partial charge in [0.25, 0.3) is 0 Å². The lowest BCUT2D eigenvalue weighted by Crippen LogP contribution is -2.02. The Morgan fingerprint density at radius 1 is 1.11 bits per heavy atom. The van der Waals surface area contributed by atoms with Gasteiger partial charge in [0.2, 0.25) is 0 Å². The first kappa shape index (κ1) is 15.4. The van der Waals surface area contributed by atoms with E-state index < -0.39 is 12.7 Å². The Morgan fingerprint density at radius 2 is 1.68 bits per heavy atom. The third-order valence-corrected chi connectivity index (χ3v) is 2.32. The number of carbonyl (C=O) groups excluding carboxylic acids is 1. The van der Waals surface area contributed by atoms with Crippen LogP contribution in [0.2, 0.25) is 0 Å². The number of carbonyl (C=O) groups is 1. The van der Waals surface area contributed by atoms with Gasteiger partial charge in [0.15, 0.2) is 0 Å². The summed E-state index contributed by atoms with van der Waals surface area (Å²) in [7, 11) is 0. The fourth-order valence-corrected chi connectivity index (χ4v) is 1.51. The highest BCUT2D eigenvalue weighted by Crippen LogP contribution is 2.37. The van der Waals surface area contributed by atoms with E-state index in [0.717, 1.165) is 0 Å². The lowest BCUT2D eigenvalue weighted by molar-refractivity contribution is 0.0712. The zero-order valence-corrected chi connectivity index (χ0v) is 11.4. The molecule has 0 saturated heterocycles. The van der Waals surface area contributed by atoms with Crippen molar-refractivity contribution in [2.75, 3.05) is 0 Å². The molecule has 0 aliphatic carbocycles. The van der Waals surface area contributed by atoms with E-state index >= 15 is 0 Å². The molecule has 1 aromatic carbocycles. The Morgan fingerprint density at radius 3 is 2.05 bits per heavy atom. The first-order valence-corrected chi connectivity index (χ1v) is 7.66. The summed E-state index contributed by atoms with van der Waals surface area (Å²) in [5.74, 6) is -0.825. The zero-order chi connectivity index (χ0) is 14.1. The van der Waals surface area contributed by atoms with Crippen molar-refractivity contribution in [2.45, 2.75) is 0 Å². The number of aromatic nitrogens is 2. The standard InChI is InChI=1S/C7H7O4PS.C4H4N2/c8-7(11-12(9,10)13)6-4-2-1-3-5-6;1-2-5-4-6-3-1/h1-5H,(H2,9,10,13);1-4H. The summed E-state index contributed by atoms with van der Waals surface area (Å²) in [6.45, 7) is -3.90. The average molecular weight is 298 g/mol. The molecule has 0 saturated carbocycles. The maximum absolute atomic E-state index is 11.1. The van der Waals surface area contributed by atoms with Crippen molar-refractivity contribution in [1.82, 2.24) is 9.97 Å². The molecule has 0 aliphatic rings. The van der Waals surface area contributed by atoms with Crippen LogP contribution in [0.3, 0.4) is 0 Å². The number of benzene rings is 1. The number of hydrogen-bond donors (Lipinski definition) is 2. The van der Waals surface area contributed by atoms with Gasteiger partial charge in [0.1, 0.15) is 6.33 Å². The largest absolute Gasteiger partial charge is 0.388 e. The molecule has 1 aromatic heterocycles. The van der Waals surface area contributed by atoms with Crippen molar-refractivity contribution in [3.05, 3.63) is 60.7 Å². The lowest BCUT2D eigenvalue weighted by Gasteiger charge is -2.07. The van der Waals surface area contributed by atoms with E-state index in [9.17, 15) is 4.79 Å². The molecule has 0 atom stereocenters. The topological polar surface area (TPSA) is 92.5 Å². The third-order valence-electron chi connectivity index (χ3n) is 1.69. The summed E-state index contributed by atoms with van der Waals surface area (Å²) in [5.41, 5.74) is 0.236. The van der Waals surface area contributed by atoms with Crippen LogP contribution in [0.5, 0.6) is 0 Å². The van der Waals surface area contributed by atoms with Crippen molar-refractivity contribution >= 4 is 24.5 Å². The van der Waals surface area contributed by atoms with Gasteiger partial charge in [-0.2, -0.15) is 0 Å². The fourth-order valence-electron chi connectivity index (χ4n) is 0.988. The second-order valence-corrected chi connectivity index (χ2v) is 5.73. The maximum Gasteiger partial charge on any atom is 0.377 e. The normalized spacial score (nSPS) is 10.0. The third kappa shape index (κ3) is 7.38. The van der Waals surface area contributed by atoms with E-state index in [1.165, 1.54) is 18.5 Å². The van der Waals surface area contributed by atoms with Crippen LogP contribution >= 0.6 is 6.72 Å². The molecular weight excluding hydrogens is 287 g/mol. The summed E-state index contributed by atoms with van der Waals surface area (Å²) < 4.78 is 4.22. The summed E-state index contributed by atoms with van der Waals surface area (Å²) in [6, 6.07) is 9.76. The van der Waals surface area contributed by atoms with E-state index in [-0.39, 0.29) is 5.56 Å². The highest BCUT2D eigenvalue weighted by atomic mass is 32.5. The lowest BCUT2D eigenvalue weighted by atomic mass is 10.2. The van der Waals surface area contributed by atoms with Crippen molar-refractivity contribution in [3.8, 4) is 0 Å². The maximum atomic E-state index is 11.1. The van der Waals surface area contributed by atoms with E-state index in [4.69, 9.17) is 9.79 Å². The van der Waals surface area contributed by atoms with E-state index in [2.05, 4.69) is 26.3 Å². The van der Waals surface area contributed by atoms with Gasteiger partial charge in [-0.05, 0) is 18.2 Å². The molecule has 8 heteroatoms. The van der Waals surface area contributed by atoms with Crippen molar-refractivity contribution in [1.29, 1.82) is 0 Å². The Hall–Kier alpha value is -1.66. The predicted molar refractivity (Wildman–Crippen MR) is 72.6 cm³/mol. The summed E-state index contributed by atoms with van der Waals surface area (Å²) in [6.07, 6.45) is 4.88. The summed E-state index contributed by atoms with van der Waals surface area (Å²) in [4.78, 5) is 35.8. The van der Waals surface area contributed by atoms with Crippen molar-refractivity contribution in [2.24, 2.45) is 0 Å². The van der Waals surface area contributed by atoms with E-state index in [0.29, 0.717) is 0 Å². The smallest absolute Gasteiger partial charge is 0.377 e. The van der Waals surface area contributed by atoms with Crippen LogP contribution in [0, 0.1) is 0 Å². The Kier molecular flexibility index (Phi) is 6.24. The minimum Gasteiger partial charge on any atom is -0.388 e. The minimum atomic E-state index is -3.90. The predicted octanol–water partition coefficient (Wildman–Crippen LogP) is 1.53. The van der Waals surface area contributed by atoms with Crippen LogP contribution < -0.4 is 0 Å². The van der Waals surface area contributed by atoms with Gasteiger partial charge in [-0.25, -0.2) is 14.8 Å². The minimum absolute atomic E-state index is 0.236. The molecule has 0 amide bonds. The van der Waals surface area contributed by atoms with E-state index in [1.807, 2.05) is 0 Å². The van der Waals surface area contributed by atoms with Crippen LogP contribution in [0.1, 0.15) is 10.4 Å². The van der Waals surface area contributed by atoms with E-state index in [1.54, 1.807) is 36.7 Å². The monoisotopic (exact) mass is 298 g/mol. The van der Waals surface area contributed by atoms with Crippen LogP contribution in [-0.4, -0.2) is 25.7 Å². The zero-order valence-electron chi connectivity index (χ0n) is 9.66. The molecule has 19 heavy (non-hydrogen) atoms. The SMILES string of the molecule is O=C(OP(O)(O)=S)c1ccccc1.c1cncnc1. The molecule has 6 nitrogen and oxygen atoms in total. The van der Waals surface area contributed by atoms with Crippen molar-refractivity contribution in [3.63, 3.8) is 0 Å². The molecule has 2 rings (SSSR count). The van der Waals surface area contributed by atoms with Crippen LogP contribution in [0.15, 0.2) is 55.1 Å². The van der Waals surface area contributed by atoms with Crippen LogP contribution in [0.4, 0.5) is 0 Å². The molecule has 0 aliphatic heterocycles. The highest BCUT2D eigenvalue weighted by molar-refractivity contribution is 8.06. The second-order valence-electron chi connectivity index (χ2n) is 3.14. The van der Waals surface area contributed by atoms with Gasteiger partial charge >= 0.3 is 12.7 Å². The van der Waals surface area contributed by atoms with Crippen molar-refractivity contribution < 1.29 is 19.1 Å². The first-order valence-electron chi connectivity index (χ1n) is 5.03. The quantitative estimate of drug-likeness (QED) is 0.812. The summed E-state index contributed by atoms with van der Waals surface area (Å²) >= 11 is 4.14. The summed E-state index contributed by atoms with van der Waals surface area (Å²) in [5, 5.41) is 0. The van der Waals surface area contributed by atoms with Crippen LogP contribution in [-0.2, 0) is 16.3 Å². The molecule has 2 aromatic rings. The molecule has 0 fully saturated rings. The van der Waals surface area contributed by atoms with Gasteiger partial charge in [-0.1, -0.05) is 18.2 Å². The number of nitrogens with zero attached hydrogens (tertiary/aromatic N) is 2. The Labute approximate surface area is 115 Å². The molecular formula is C11H11N2O4PS. The molecule has 100 valence electrons. The molecule has 2 N–H and O–H groups in total. The molecule has 0 bridgehead atoms. The number of hydrogen-bond acceptors (Lipinski definition) is 5. The second kappa shape index (κ2) is 7.70. The van der Waals surface area contributed by atoms with Crippen LogP contribution in [0.25, 0.3) is 0 Å². The van der Waals surface area contributed by atoms with Gasteiger partial charge in [0, 0.05) is 24.2 Å². The molecule has 0 unspecified atom stereocenters. The van der Waals surface area contributed by atoms with Gasteiger partial charge in [0.05, 0.1) is 5.56 Å². The molecule has 0 spiro atoms. The Bertz CT molecular complexity index is 520. The van der Waals surface area contributed by atoms with Gasteiger partial charge < -0.3 is 14.3 Å². The Balaban J connectivity index is 0.000000250.